The van der Waals surface area contributed by atoms with Gasteiger partial charge in [-0.15, -0.1) is 11.3 Å². The average Bonchev–Trinajstić information content (AvgIpc) is 2.87. The predicted octanol–water partition coefficient (Wildman–Crippen LogP) is 3.95. The number of benzene rings is 1. The van der Waals surface area contributed by atoms with E-state index in [1.165, 1.54) is 0 Å². The molecular formula is C16H15NOS. The molecule has 1 heterocycles. The van der Waals surface area contributed by atoms with Crippen LogP contribution in [0.25, 0.3) is 23.3 Å². The van der Waals surface area contributed by atoms with Crippen LogP contribution in [0, 0.1) is 0 Å². The van der Waals surface area contributed by atoms with E-state index in [4.69, 9.17) is 5.73 Å². The fourth-order valence-corrected chi connectivity index (χ4v) is 2.58. The SMILES string of the molecule is C=Cc1ccc(-c2csc(/C=C(\C)C(N)=O)c2)cc1. The number of thiophene rings is 1. The maximum absolute atomic E-state index is 11.0. The number of nitrogens with two attached hydrogens (primary N) is 1. The molecule has 0 aliphatic heterocycles. The topological polar surface area (TPSA) is 43.1 Å². The molecule has 19 heavy (non-hydrogen) atoms. The number of amides is 1. The van der Waals surface area contributed by atoms with Crippen molar-refractivity contribution < 1.29 is 4.79 Å². The second kappa shape index (κ2) is 5.67. The van der Waals surface area contributed by atoms with Crippen LogP contribution in [0.5, 0.6) is 0 Å². The number of primary amides is 1. The van der Waals surface area contributed by atoms with Gasteiger partial charge in [0.05, 0.1) is 0 Å². The van der Waals surface area contributed by atoms with E-state index in [9.17, 15) is 4.79 Å². The first-order valence-corrected chi connectivity index (χ1v) is 6.77. The Labute approximate surface area is 116 Å². The zero-order valence-electron chi connectivity index (χ0n) is 10.7. The van der Waals surface area contributed by atoms with E-state index < -0.39 is 0 Å². The normalized spacial score (nSPS) is 11.3. The summed E-state index contributed by atoms with van der Waals surface area (Å²) < 4.78 is 0. The Morgan fingerprint density at radius 1 is 1.26 bits per heavy atom. The summed E-state index contributed by atoms with van der Waals surface area (Å²) in [6.45, 7) is 5.46. The zero-order valence-corrected chi connectivity index (χ0v) is 11.5. The fraction of sp³-hybridized carbons (Fsp3) is 0.0625. The van der Waals surface area contributed by atoms with E-state index >= 15 is 0 Å². The van der Waals surface area contributed by atoms with Gasteiger partial charge in [0.2, 0.25) is 5.91 Å². The van der Waals surface area contributed by atoms with Gasteiger partial charge in [-0.2, -0.15) is 0 Å². The molecule has 0 aliphatic rings. The average molecular weight is 269 g/mol. The maximum atomic E-state index is 11.0. The molecule has 0 aliphatic carbocycles. The Hall–Kier alpha value is -2.13. The molecule has 3 heteroatoms. The highest BCUT2D eigenvalue weighted by atomic mass is 32.1. The zero-order chi connectivity index (χ0) is 13.8. The van der Waals surface area contributed by atoms with Crippen LogP contribution in [-0.4, -0.2) is 5.91 Å². The molecule has 2 rings (SSSR count). The Balaban J connectivity index is 2.27. The van der Waals surface area contributed by atoms with Crippen LogP contribution in [0.4, 0.5) is 0 Å². The lowest BCUT2D eigenvalue weighted by molar-refractivity contribution is -0.114. The third kappa shape index (κ3) is 3.20. The summed E-state index contributed by atoms with van der Waals surface area (Å²) in [5.74, 6) is -0.384. The number of carbonyl (C=O) groups is 1. The quantitative estimate of drug-likeness (QED) is 0.839. The van der Waals surface area contributed by atoms with Crippen LogP contribution in [0.15, 0.2) is 47.9 Å². The van der Waals surface area contributed by atoms with Gasteiger partial charge in [-0.3, -0.25) is 4.79 Å². The smallest absolute Gasteiger partial charge is 0.244 e. The van der Waals surface area contributed by atoms with Gasteiger partial charge in [0.15, 0.2) is 0 Å². The summed E-state index contributed by atoms with van der Waals surface area (Å²) in [6.07, 6.45) is 3.64. The largest absolute Gasteiger partial charge is 0.366 e. The van der Waals surface area contributed by atoms with Crippen LogP contribution < -0.4 is 5.73 Å². The third-order valence-electron chi connectivity index (χ3n) is 2.85. The molecule has 0 radical (unpaired) electrons. The lowest BCUT2D eigenvalue weighted by atomic mass is 10.1. The van der Waals surface area contributed by atoms with Crippen molar-refractivity contribution in [1.82, 2.24) is 0 Å². The maximum Gasteiger partial charge on any atom is 0.244 e. The molecule has 2 nitrogen and oxygen atoms in total. The number of carbonyl (C=O) groups excluding carboxylic acids is 1. The monoisotopic (exact) mass is 269 g/mol. The Bertz CT molecular complexity index is 635. The van der Waals surface area contributed by atoms with Crippen molar-refractivity contribution in [3.63, 3.8) is 0 Å². The lowest BCUT2D eigenvalue weighted by Gasteiger charge is -1.98. The molecule has 0 spiro atoms. The van der Waals surface area contributed by atoms with E-state index in [2.05, 4.69) is 30.2 Å². The fourth-order valence-electron chi connectivity index (χ4n) is 1.68. The molecule has 0 saturated heterocycles. The summed E-state index contributed by atoms with van der Waals surface area (Å²) in [4.78, 5) is 12.0. The van der Waals surface area contributed by atoms with Gasteiger partial charge in [-0.1, -0.05) is 36.9 Å². The van der Waals surface area contributed by atoms with Gasteiger partial charge < -0.3 is 5.73 Å². The molecule has 96 valence electrons. The van der Waals surface area contributed by atoms with Gasteiger partial charge in [-0.25, -0.2) is 0 Å². The van der Waals surface area contributed by atoms with Crippen molar-refractivity contribution in [2.45, 2.75) is 6.92 Å². The lowest BCUT2D eigenvalue weighted by Crippen LogP contribution is -2.11. The van der Waals surface area contributed by atoms with Crippen molar-refractivity contribution in [2.75, 3.05) is 0 Å². The molecule has 1 aromatic heterocycles. The van der Waals surface area contributed by atoms with E-state index in [1.807, 2.05) is 24.3 Å². The second-order valence-corrected chi connectivity index (χ2v) is 5.20. The predicted molar refractivity (Wildman–Crippen MR) is 82.7 cm³/mol. The minimum absolute atomic E-state index is 0.384. The minimum atomic E-state index is -0.384. The standard InChI is InChI=1S/C16H15NOS/c1-3-12-4-6-13(7-5-12)14-9-15(19-10-14)8-11(2)16(17)18/h3-10H,1H2,2H3,(H2,17,18)/b11-8+. The summed E-state index contributed by atoms with van der Waals surface area (Å²) in [5, 5.41) is 2.07. The Morgan fingerprint density at radius 3 is 2.53 bits per heavy atom. The van der Waals surface area contributed by atoms with Crippen molar-refractivity contribution in [2.24, 2.45) is 5.73 Å². The van der Waals surface area contributed by atoms with Crippen molar-refractivity contribution in [3.8, 4) is 11.1 Å². The van der Waals surface area contributed by atoms with Crippen LogP contribution in [0.1, 0.15) is 17.4 Å². The molecule has 1 aromatic carbocycles. The molecule has 0 fully saturated rings. The Morgan fingerprint density at radius 2 is 1.95 bits per heavy atom. The van der Waals surface area contributed by atoms with Crippen molar-refractivity contribution >= 4 is 29.4 Å². The molecule has 0 saturated carbocycles. The van der Waals surface area contributed by atoms with Crippen LogP contribution >= 0.6 is 11.3 Å². The first-order chi connectivity index (χ1) is 9.10. The highest BCUT2D eigenvalue weighted by Gasteiger charge is 2.03. The minimum Gasteiger partial charge on any atom is -0.366 e. The summed E-state index contributed by atoms with van der Waals surface area (Å²) in [6, 6.07) is 10.2. The van der Waals surface area contributed by atoms with Gasteiger partial charge in [0.25, 0.3) is 0 Å². The van der Waals surface area contributed by atoms with Crippen LogP contribution in [-0.2, 0) is 4.79 Å². The van der Waals surface area contributed by atoms with Crippen LogP contribution in [0.2, 0.25) is 0 Å². The summed E-state index contributed by atoms with van der Waals surface area (Å²) in [7, 11) is 0. The summed E-state index contributed by atoms with van der Waals surface area (Å²) >= 11 is 1.60. The third-order valence-corrected chi connectivity index (χ3v) is 3.73. The van der Waals surface area contributed by atoms with E-state index in [0.29, 0.717) is 5.57 Å². The highest BCUT2D eigenvalue weighted by molar-refractivity contribution is 7.11. The first kappa shape index (κ1) is 13.3. The first-order valence-electron chi connectivity index (χ1n) is 5.89. The molecule has 0 bridgehead atoms. The van der Waals surface area contributed by atoms with Crippen molar-refractivity contribution in [3.05, 3.63) is 58.3 Å². The molecule has 0 atom stereocenters. The molecule has 1 amide bonds. The Kier molecular flexibility index (Phi) is 3.97. The van der Waals surface area contributed by atoms with E-state index in [0.717, 1.165) is 21.6 Å². The van der Waals surface area contributed by atoms with Gasteiger partial charge in [0.1, 0.15) is 0 Å². The number of rotatable bonds is 4. The van der Waals surface area contributed by atoms with Gasteiger partial charge >= 0.3 is 0 Å². The number of hydrogen-bond acceptors (Lipinski definition) is 2. The van der Waals surface area contributed by atoms with Gasteiger partial charge in [-0.05, 0) is 41.1 Å². The van der Waals surface area contributed by atoms with E-state index in [-0.39, 0.29) is 5.91 Å². The molecule has 0 unspecified atom stereocenters. The highest BCUT2D eigenvalue weighted by Crippen LogP contribution is 2.27. The molecular weight excluding hydrogens is 254 g/mol. The van der Waals surface area contributed by atoms with Crippen molar-refractivity contribution in [1.29, 1.82) is 0 Å². The van der Waals surface area contributed by atoms with Crippen LogP contribution in [0.3, 0.4) is 0 Å². The molecule has 2 aromatic rings. The second-order valence-electron chi connectivity index (χ2n) is 4.26. The van der Waals surface area contributed by atoms with E-state index in [1.54, 1.807) is 18.3 Å². The van der Waals surface area contributed by atoms with Gasteiger partial charge in [0, 0.05) is 10.5 Å². The summed E-state index contributed by atoms with van der Waals surface area (Å²) in [5.41, 5.74) is 9.18. The number of hydrogen-bond donors (Lipinski definition) is 1. The molecule has 2 N–H and O–H groups in total.